The molecule has 0 saturated carbocycles. The Kier molecular flexibility index (Phi) is 4.65. The molecule has 6 nitrogen and oxygen atoms in total. The molecule has 0 unspecified atom stereocenters. The molecule has 0 radical (unpaired) electrons. The van der Waals surface area contributed by atoms with Crippen LogP contribution < -0.4 is 4.74 Å². The molecule has 0 atom stereocenters. The molecule has 0 aliphatic heterocycles. The largest absolute Gasteiger partial charge is 0.496 e. The quantitative estimate of drug-likeness (QED) is 0.701. The van der Waals surface area contributed by atoms with Crippen LogP contribution in [0.5, 0.6) is 5.75 Å². The molecule has 2 aromatic heterocycles. The summed E-state index contributed by atoms with van der Waals surface area (Å²) in [4.78, 5) is 8.49. The van der Waals surface area contributed by atoms with Gasteiger partial charge in [0.2, 0.25) is 5.16 Å². The first-order chi connectivity index (χ1) is 10.8. The highest BCUT2D eigenvalue weighted by Crippen LogP contribution is 2.31. The Labute approximate surface area is 136 Å². The van der Waals surface area contributed by atoms with Crippen molar-refractivity contribution >= 4 is 23.4 Å². The molecular formula is C14H14ClN5OS. The average Bonchev–Trinajstić information content (AvgIpc) is 3.19. The Morgan fingerprint density at radius 3 is 3.09 bits per heavy atom. The minimum atomic E-state index is 0.626. The third-order valence-electron chi connectivity index (χ3n) is 3.02. The third kappa shape index (κ3) is 3.42. The normalized spacial score (nSPS) is 10.8. The standard InChI is InChI=1S/C14H14ClN5OS/c1-21-12-3-2-10(15)8-11(12)13-17-14(19-18-13)22-7-6-20-5-4-16-9-20/h2-5,8-9H,6-7H2,1H3,(H,17,18,19). The van der Waals surface area contributed by atoms with Crippen LogP contribution in [0.4, 0.5) is 0 Å². The number of rotatable bonds is 6. The van der Waals surface area contributed by atoms with Gasteiger partial charge in [-0.1, -0.05) is 23.4 Å². The summed E-state index contributed by atoms with van der Waals surface area (Å²) in [6.45, 7) is 0.856. The molecule has 114 valence electrons. The van der Waals surface area contributed by atoms with E-state index in [2.05, 4.69) is 20.2 Å². The molecule has 0 bridgehead atoms. The number of aromatic nitrogens is 5. The number of hydrogen-bond acceptors (Lipinski definition) is 5. The second-order valence-corrected chi connectivity index (χ2v) is 5.96. The van der Waals surface area contributed by atoms with E-state index in [1.807, 2.05) is 16.8 Å². The van der Waals surface area contributed by atoms with E-state index in [-0.39, 0.29) is 0 Å². The van der Waals surface area contributed by atoms with Crippen LogP contribution in [-0.4, -0.2) is 37.6 Å². The van der Waals surface area contributed by atoms with E-state index < -0.39 is 0 Å². The highest BCUT2D eigenvalue weighted by Gasteiger charge is 2.12. The number of H-pyrrole nitrogens is 1. The molecule has 8 heteroatoms. The number of ether oxygens (including phenoxy) is 1. The summed E-state index contributed by atoms with van der Waals surface area (Å²) in [7, 11) is 1.61. The number of halogens is 1. The van der Waals surface area contributed by atoms with Gasteiger partial charge in [-0.15, -0.1) is 5.10 Å². The van der Waals surface area contributed by atoms with Crippen molar-refractivity contribution in [3.05, 3.63) is 41.9 Å². The maximum atomic E-state index is 6.04. The molecular weight excluding hydrogens is 322 g/mol. The summed E-state index contributed by atoms with van der Waals surface area (Å²) in [5, 5.41) is 8.47. The van der Waals surface area contributed by atoms with Crippen molar-refractivity contribution in [2.45, 2.75) is 11.7 Å². The van der Waals surface area contributed by atoms with Gasteiger partial charge in [0.05, 0.1) is 19.0 Å². The number of nitrogens with zero attached hydrogens (tertiary/aromatic N) is 4. The van der Waals surface area contributed by atoms with Crippen molar-refractivity contribution < 1.29 is 4.74 Å². The van der Waals surface area contributed by atoms with E-state index in [1.54, 1.807) is 43.5 Å². The van der Waals surface area contributed by atoms with E-state index in [4.69, 9.17) is 16.3 Å². The Hall–Kier alpha value is -1.99. The van der Waals surface area contributed by atoms with Crippen molar-refractivity contribution in [2.24, 2.45) is 0 Å². The summed E-state index contributed by atoms with van der Waals surface area (Å²) < 4.78 is 7.35. The van der Waals surface area contributed by atoms with Crippen molar-refractivity contribution in [3.8, 4) is 17.1 Å². The fourth-order valence-electron chi connectivity index (χ4n) is 1.96. The molecule has 1 aromatic carbocycles. The second-order valence-electron chi connectivity index (χ2n) is 4.46. The lowest BCUT2D eigenvalue weighted by molar-refractivity contribution is 0.416. The Morgan fingerprint density at radius 2 is 2.32 bits per heavy atom. The zero-order valence-corrected chi connectivity index (χ0v) is 13.4. The van der Waals surface area contributed by atoms with Crippen LogP contribution in [0.1, 0.15) is 0 Å². The number of aromatic amines is 1. The maximum absolute atomic E-state index is 6.04. The minimum absolute atomic E-state index is 0.626. The Balaban J connectivity index is 1.69. The van der Waals surface area contributed by atoms with Gasteiger partial charge in [0.25, 0.3) is 0 Å². The van der Waals surface area contributed by atoms with Crippen LogP contribution in [-0.2, 0) is 6.54 Å². The van der Waals surface area contributed by atoms with E-state index in [1.165, 1.54) is 0 Å². The van der Waals surface area contributed by atoms with Gasteiger partial charge >= 0.3 is 0 Å². The first-order valence-electron chi connectivity index (χ1n) is 6.61. The Morgan fingerprint density at radius 1 is 1.41 bits per heavy atom. The van der Waals surface area contributed by atoms with Crippen LogP contribution in [0, 0.1) is 0 Å². The molecule has 0 saturated heterocycles. The van der Waals surface area contributed by atoms with Gasteiger partial charge < -0.3 is 9.30 Å². The topological polar surface area (TPSA) is 68.6 Å². The first-order valence-corrected chi connectivity index (χ1v) is 7.97. The van der Waals surface area contributed by atoms with E-state index in [0.29, 0.717) is 21.8 Å². The SMILES string of the molecule is COc1ccc(Cl)cc1-c1nc(SCCn2ccnc2)n[nH]1. The van der Waals surface area contributed by atoms with Gasteiger partial charge in [-0.3, -0.25) is 5.10 Å². The lowest BCUT2D eigenvalue weighted by Gasteiger charge is -2.05. The van der Waals surface area contributed by atoms with E-state index in [0.717, 1.165) is 17.9 Å². The molecule has 3 aromatic rings. The molecule has 0 amide bonds. The number of nitrogens with one attached hydrogen (secondary N) is 1. The van der Waals surface area contributed by atoms with Crippen molar-refractivity contribution in [1.29, 1.82) is 0 Å². The predicted molar refractivity (Wildman–Crippen MR) is 86.3 cm³/mol. The fourth-order valence-corrected chi connectivity index (χ4v) is 2.88. The van der Waals surface area contributed by atoms with Gasteiger partial charge in [-0.25, -0.2) is 9.97 Å². The van der Waals surface area contributed by atoms with Gasteiger partial charge in [0, 0.05) is 29.7 Å². The molecule has 3 rings (SSSR count). The Bertz CT molecular complexity index is 744. The summed E-state index contributed by atoms with van der Waals surface area (Å²) in [5.74, 6) is 2.21. The summed E-state index contributed by atoms with van der Waals surface area (Å²) in [5.41, 5.74) is 0.795. The number of imidazole rings is 1. The third-order valence-corrected chi connectivity index (χ3v) is 4.08. The highest BCUT2D eigenvalue weighted by molar-refractivity contribution is 7.99. The lowest BCUT2D eigenvalue weighted by Crippen LogP contribution is -1.96. The number of hydrogen-bond donors (Lipinski definition) is 1. The second kappa shape index (κ2) is 6.85. The number of benzene rings is 1. The van der Waals surface area contributed by atoms with E-state index in [9.17, 15) is 0 Å². The van der Waals surface area contributed by atoms with Crippen molar-refractivity contribution in [3.63, 3.8) is 0 Å². The van der Waals surface area contributed by atoms with Crippen LogP contribution in [0.3, 0.4) is 0 Å². The molecule has 22 heavy (non-hydrogen) atoms. The zero-order chi connectivity index (χ0) is 15.4. The minimum Gasteiger partial charge on any atom is -0.496 e. The number of methoxy groups -OCH3 is 1. The monoisotopic (exact) mass is 335 g/mol. The summed E-state index contributed by atoms with van der Waals surface area (Å²) in [6, 6.07) is 5.40. The van der Waals surface area contributed by atoms with Gasteiger partial charge in [0.1, 0.15) is 5.75 Å². The van der Waals surface area contributed by atoms with Crippen LogP contribution in [0.25, 0.3) is 11.4 Å². The van der Waals surface area contributed by atoms with Gasteiger partial charge in [-0.2, -0.15) is 0 Å². The molecule has 0 spiro atoms. The predicted octanol–water partition coefficient (Wildman–Crippen LogP) is 3.12. The zero-order valence-electron chi connectivity index (χ0n) is 11.9. The first kappa shape index (κ1) is 14.9. The van der Waals surface area contributed by atoms with Gasteiger partial charge in [-0.05, 0) is 18.2 Å². The number of thioether (sulfide) groups is 1. The van der Waals surface area contributed by atoms with Gasteiger partial charge in [0.15, 0.2) is 5.82 Å². The average molecular weight is 336 g/mol. The highest BCUT2D eigenvalue weighted by atomic mass is 35.5. The fraction of sp³-hybridized carbons (Fsp3) is 0.214. The summed E-state index contributed by atoms with van der Waals surface area (Å²) >= 11 is 7.62. The smallest absolute Gasteiger partial charge is 0.208 e. The number of aryl methyl sites for hydroxylation is 1. The van der Waals surface area contributed by atoms with E-state index >= 15 is 0 Å². The molecule has 0 aliphatic rings. The molecule has 0 aliphatic carbocycles. The lowest BCUT2D eigenvalue weighted by atomic mass is 10.2. The maximum Gasteiger partial charge on any atom is 0.208 e. The molecule has 0 fully saturated rings. The van der Waals surface area contributed by atoms with Crippen LogP contribution in [0.2, 0.25) is 5.02 Å². The summed E-state index contributed by atoms with van der Waals surface area (Å²) in [6.07, 6.45) is 5.49. The van der Waals surface area contributed by atoms with Crippen molar-refractivity contribution in [1.82, 2.24) is 24.7 Å². The molecule has 1 N–H and O–H groups in total. The van der Waals surface area contributed by atoms with Crippen molar-refractivity contribution in [2.75, 3.05) is 12.9 Å². The van der Waals surface area contributed by atoms with Crippen LogP contribution in [0.15, 0.2) is 42.1 Å². The van der Waals surface area contributed by atoms with Crippen LogP contribution >= 0.6 is 23.4 Å². The molecule has 2 heterocycles.